The normalized spacial score (nSPS) is 18.8. The number of hydrogen-bond donors (Lipinski definition) is 0. The third kappa shape index (κ3) is 3.27. The Balaban J connectivity index is 1.77. The molecule has 4 heterocycles. The maximum absolute atomic E-state index is 12.3. The molecule has 0 saturated carbocycles. The minimum atomic E-state index is 0.0667. The zero-order valence-electron chi connectivity index (χ0n) is 16.9. The van der Waals surface area contributed by atoms with E-state index in [-0.39, 0.29) is 24.3 Å². The lowest BCUT2D eigenvalue weighted by atomic mass is 10.1. The van der Waals surface area contributed by atoms with Gasteiger partial charge in [-0.05, 0) is 12.1 Å². The number of rotatable bonds is 3. The van der Waals surface area contributed by atoms with Crippen LogP contribution in [0, 0.1) is 0 Å². The first-order chi connectivity index (χ1) is 13.3. The van der Waals surface area contributed by atoms with Gasteiger partial charge in [0, 0.05) is 51.6 Å². The summed E-state index contributed by atoms with van der Waals surface area (Å²) in [7, 11) is 3.64. The molecule has 0 radical (unpaired) electrons. The second-order valence-electron chi connectivity index (χ2n) is 8.00. The number of piperazine rings is 2. The van der Waals surface area contributed by atoms with Gasteiger partial charge in [-0.2, -0.15) is 0 Å². The van der Waals surface area contributed by atoms with Crippen molar-refractivity contribution >= 4 is 34.4 Å². The summed E-state index contributed by atoms with van der Waals surface area (Å²) in [6, 6.07) is 4.04. The van der Waals surface area contributed by atoms with Crippen LogP contribution in [0.5, 0.6) is 0 Å². The van der Waals surface area contributed by atoms with E-state index in [0.717, 1.165) is 23.5 Å². The Morgan fingerprint density at radius 3 is 2.14 bits per heavy atom. The van der Waals surface area contributed by atoms with Crippen molar-refractivity contribution in [3.05, 3.63) is 17.9 Å². The predicted octanol–water partition coefficient (Wildman–Crippen LogP) is 1.51. The summed E-state index contributed by atoms with van der Waals surface area (Å²) in [6.45, 7) is 7.52. The van der Waals surface area contributed by atoms with E-state index >= 15 is 0 Å². The Hall–Kier alpha value is -2.77. The fourth-order valence-corrected chi connectivity index (χ4v) is 3.59. The molecule has 2 aliphatic heterocycles. The number of nitrogens with zero attached hydrogens (tertiary/aromatic N) is 5. The van der Waals surface area contributed by atoms with E-state index in [4.69, 9.17) is 9.40 Å². The van der Waals surface area contributed by atoms with Crippen molar-refractivity contribution in [2.24, 2.45) is 0 Å². The highest BCUT2D eigenvalue weighted by molar-refractivity contribution is 5.93. The van der Waals surface area contributed by atoms with Crippen molar-refractivity contribution in [3.63, 3.8) is 0 Å². The highest BCUT2D eigenvalue weighted by Gasteiger charge is 2.28. The van der Waals surface area contributed by atoms with E-state index in [1.807, 2.05) is 36.0 Å². The van der Waals surface area contributed by atoms with Gasteiger partial charge < -0.3 is 24.0 Å². The van der Waals surface area contributed by atoms with Crippen LogP contribution in [-0.4, -0.2) is 80.0 Å². The molecule has 8 heteroatoms. The maximum atomic E-state index is 12.3. The number of carbonyl (C=O) groups is 2. The Kier molecular flexibility index (Phi) is 4.64. The molecule has 2 amide bonds. The molecule has 0 aromatic carbocycles. The summed E-state index contributed by atoms with van der Waals surface area (Å²) in [6.07, 6.45) is 0. The molecule has 2 fully saturated rings. The van der Waals surface area contributed by atoms with Gasteiger partial charge in [-0.15, -0.1) is 0 Å². The average Bonchev–Trinajstić information content (AvgIpc) is 3.10. The van der Waals surface area contributed by atoms with Crippen LogP contribution in [0.15, 0.2) is 16.5 Å². The first-order valence-electron chi connectivity index (χ1n) is 9.76. The maximum Gasteiger partial charge on any atom is 0.241 e. The number of aromatic nitrogens is 1. The summed E-state index contributed by atoms with van der Waals surface area (Å²) < 4.78 is 6.13. The van der Waals surface area contributed by atoms with Crippen molar-refractivity contribution in [1.29, 1.82) is 0 Å². The molecule has 0 aliphatic carbocycles. The standard InChI is InChI=1S/C20H27N5O3/c1-13(2)15-9-14-10-16(24-7-5-22(3)17(26)11-24)21-20(19(14)28-15)25-8-6-23(4)18(27)12-25/h9-10,13H,5-8,11-12H2,1-4H3. The number of fused-ring (bicyclic) bond motifs is 1. The van der Waals surface area contributed by atoms with Crippen molar-refractivity contribution in [1.82, 2.24) is 14.8 Å². The number of furan rings is 1. The molecule has 2 saturated heterocycles. The van der Waals surface area contributed by atoms with Gasteiger partial charge in [0.15, 0.2) is 11.4 Å². The Labute approximate surface area is 164 Å². The molecule has 2 aliphatic rings. The van der Waals surface area contributed by atoms with E-state index in [9.17, 15) is 9.59 Å². The number of likely N-dealkylation sites (N-methyl/N-ethyl adjacent to an activating group) is 2. The molecule has 0 atom stereocenters. The van der Waals surface area contributed by atoms with Gasteiger partial charge >= 0.3 is 0 Å². The zero-order valence-corrected chi connectivity index (χ0v) is 16.9. The number of pyridine rings is 1. The molecule has 150 valence electrons. The van der Waals surface area contributed by atoms with E-state index < -0.39 is 0 Å². The summed E-state index contributed by atoms with van der Waals surface area (Å²) in [5.74, 6) is 2.74. The zero-order chi connectivity index (χ0) is 20.0. The van der Waals surface area contributed by atoms with Gasteiger partial charge in [-0.1, -0.05) is 13.8 Å². The fraction of sp³-hybridized carbons (Fsp3) is 0.550. The Bertz CT molecular complexity index is 922. The third-order valence-electron chi connectivity index (χ3n) is 5.59. The van der Waals surface area contributed by atoms with Gasteiger partial charge in [0.25, 0.3) is 0 Å². The van der Waals surface area contributed by atoms with E-state index in [1.54, 1.807) is 9.80 Å². The first kappa shape index (κ1) is 18.6. The monoisotopic (exact) mass is 385 g/mol. The highest BCUT2D eigenvalue weighted by Crippen LogP contribution is 2.34. The Morgan fingerprint density at radius 2 is 1.54 bits per heavy atom. The van der Waals surface area contributed by atoms with Crippen LogP contribution in [0.3, 0.4) is 0 Å². The van der Waals surface area contributed by atoms with Gasteiger partial charge in [-0.3, -0.25) is 9.59 Å². The minimum Gasteiger partial charge on any atom is -0.457 e. The summed E-state index contributed by atoms with van der Waals surface area (Å²) in [5, 5.41) is 0.960. The molecule has 4 rings (SSSR count). The molecular weight excluding hydrogens is 358 g/mol. The van der Waals surface area contributed by atoms with Crippen LogP contribution in [-0.2, 0) is 9.59 Å². The van der Waals surface area contributed by atoms with Crippen molar-refractivity contribution in [2.75, 3.05) is 63.2 Å². The first-order valence-corrected chi connectivity index (χ1v) is 9.76. The van der Waals surface area contributed by atoms with Crippen LogP contribution < -0.4 is 9.80 Å². The quantitative estimate of drug-likeness (QED) is 0.797. The minimum absolute atomic E-state index is 0.0667. The van der Waals surface area contributed by atoms with Crippen LogP contribution in [0.1, 0.15) is 25.5 Å². The topological polar surface area (TPSA) is 73.1 Å². The van der Waals surface area contributed by atoms with Crippen LogP contribution in [0.25, 0.3) is 11.0 Å². The van der Waals surface area contributed by atoms with Crippen LogP contribution >= 0.6 is 0 Å². The Morgan fingerprint density at radius 1 is 0.929 bits per heavy atom. The SMILES string of the molecule is CC(C)c1cc2cc(N3CCN(C)C(=O)C3)nc(N3CCN(C)C(=O)C3)c2o1. The van der Waals surface area contributed by atoms with Crippen molar-refractivity contribution in [2.45, 2.75) is 19.8 Å². The van der Waals surface area contributed by atoms with Gasteiger partial charge in [0.2, 0.25) is 11.8 Å². The third-order valence-corrected chi connectivity index (χ3v) is 5.59. The summed E-state index contributed by atoms with van der Waals surface area (Å²) in [4.78, 5) is 36.8. The molecule has 2 aromatic heterocycles. The van der Waals surface area contributed by atoms with E-state index in [2.05, 4.69) is 13.8 Å². The number of carbonyl (C=O) groups excluding carboxylic acids is 2. The lowest BCUT2D eigenvalue weighted by Crippen LogP contribution is -2.50. The second-order valence-corrected chi connectivity index (χ2v) is 8.00. The molecule has 0 unspecified atom stereocenters. The van der Waals surface area contributed by atoms with Gasteiger partial charge in [0.05, 0.1) is 13.1 Å². The molecule has 8 nitrogen and oxygen atoms in total. The highest BCUT2D eigenvalue weighted by atomic mass is 16.3. The summed E-state index contributed by atoms with van der Waals surface area (Å²) >= 11 is 0. The molecule has 0 N–H and O–H groups in total. The number of hydrogen-bond acceptors (Lipinski definition) is 6. The number of anilines is 2. The van der Waals surface area contributed by atoms with Crippen molar-refractivity contribution in [3.8, 4) is 0 Å². The van der Waals surface area contributed by atoms with Gasteiger partial charge in [0.1, 0.15) is 11.6 Å². The van der Waals surface area contributed by atoms with Crippen LogP contribution in [0.4, 0.5) is 11.6 Å². The van der Waals surface area contributed by atoms with Crippen LogP contribution in [0.2, 0.25) is 0 Å². The molecule has 0 spiro atoms. The predicted molar refractivity (Wildman–Crippen MR) is 108 cm³/mol. The smallest absolute Gasteiger partial charge is 0.241 e. The molecule has 28 heavy (non-hydrogen) atoms. The fourth-order valence-electron chi connectivity index (χ4n) is 3.59. The second kappa shape index (κ2) is 7.00. The van der Waals surface area contributed by atoms with E-state index in [1.165, 1.54) is 0 Å². The summed E-state index contributed by atoms with van der Waals surface area (Å²) in [5.41, 5.74) is 0.713. The van der Waals surface area contributed by atoms with Gasteiger partial charge in [-0.25, -0.2) is 4.98 Å². The average molecular weight is 385 g/mol. The molecule has 0 bridgehead atoms. The molecule has 2 aromatic rings. The molecular formula is C20H27N5O3. The number of amides is 2. The van der Waals surface area contributed by atoms with E-state index in [0.29, 0.717) is 37.6 Å². The largest absolute Gasteiger partial charge is 0.457 e. The van der Waals surface area contributed by atoms with Crippen molar-refractivity contribution < 1.29 is 14.0 Å². The lowest BCUT2D eigenvalue weighted by Gasteiger charge is -2.35. The lowest BCUT2D eigenvalue weighted by molar-refractivity contribution is -0.130.